The lowest BCUT2D eigenvalue weighted by atomic mass is 10.2. The quantitative estimate of drug-likeness (QED) is 0.558. The molecule has 0 unspecified atom stereocenters. The van der Waals surface area contributed by atoms with Crippen molar-refractivity contribution in [3.8, 4) is 0 Å². The summed E-state index contributed by atoms with van der Waals surface area (Å²) in [5.74, 6) is -0.471. The van der Waals surface area contributed by atoms with Crippen LogP contribution in [0.3, 0.4) is 0 Å². The molecule has 0 bridgehead atoms. The van der Waals surface area contributed by atoms with E-state index in [4.69, 9.17) is 9.47 Å². The van der Waals surface area contributed by atoms with Gasteiger partial charge in [-0.25, -0.2) is 9.59 Å². The minimum Gasteiger partial charge on any atom is -0.466 e. The molecule has 1 rings (SSSR count). The fourth-order valence-electron chi connectivity index (χ4n) is 1.66. The van der Waals surface area contributed by atoms with E-state index in [0.29, 0.717) is 6.61 Å². The van der Waals surface area contributed by atoms with Gasteiger partial charge in [0, 0.05) is 12.7 Å². The second-order valence-corrected chi connectivity index (χ2v) is 4.73. The Morgan fingerprint density at radius 3 is 2.65 bits per heavy atom. The first-order valence-corrected chi connectivity index (χ1v) is 7.48. The fraction of sp³-hybridized carbons (Fsp3) is 0.412. The van der Waals surface area contributed by atoms with Gasteiger partial charge in [-0.15, -0.1) is 0 Å². The maximum absolute atomic E-state index is 11.7. The highest BCUT2D eigenvalue weighted by molar-refractivity contribution is 5.81. The molecule has 0 saturated heterocycles. The van der Waals surface area contributed by atoms with Gasteiger partial charge in [0.15, 0.2) is 0 Å². The van der Waals surface area contributed by atoms with Crippen LogP contribution in [-0.2, 0) is 25.6 Å². The molecule has 0 heterocycles. The molecule has 126 valence electrons. The molecule has 0 aromatic heterocycles. The molecule has 0 fully saturated rings. The standard InChI is InChI=1S/C17H23NO5/c1-3-11-22-15(9-10-16(19)21-2)12-18-17(20)23-13-14-7-5-4-6-8-14/h4-10,15H,3,11-13H2,1-2H3,(H,18,20)/b10-9+/t15-/m1/s1. The lowest BCUT2D eigenvalue weighted by Gasteiger charge is -2.14. The van der Waals surface area contributed by atoms with Crippen molar-refractivity contribution in [2.45, 2.75) is 26.1 Å². The Balaban J connectivity index is 2.38. The highest BCUT2D eigenvalue weighted by Crippen LogP contribution is 2.01. The SMILES string of the molecule is CCCO[C@H](/C=C/C(=O)OC)CNC(=O)OCc1ccccc1. The Morgan fingerprint density at radius 1 is 1.26 bits per heavy atom. The van der Waals surface area contributed by atoms with Crippen molar-refractivity contribution < 1.29 is 23.8 Å². The molecule has 0 aliphatic rings. The van der Waals surface area contributed by atoms with Gasteiger partial charge < -0.3 is 19.5 Å². The van der Waals surface area contributed by atoms with Crippen LogP contribution in [0, 0.1) is 0 Å². The van der Waals surface area contributed by atoms with Gasteiger partial charge in [0.2, 0.25) is 0 Å². The number of nitrogens with one attached hydrogen (secondary N) is 1. The van der Waals surface area contributed by atoms with E-state index in [2.05, 4.69) is 10.1 Å². The van der Waals surface area contributed by atoms with Crippen LogP contribution in [0.1, 0.15) is 18.9 Å². The summed E-state index contributed by atoms with van der Waals surface area (Å²) < 4.78 is 15.2. The van der Waals surface area contributed by atoms with E-state index < -0.39 is 18.2 Å². The zero-order chi connectivity index (χ0) is 16.9. The average Bonchev–Trinajstić information content (AvgIpc) is 2.59. The van der Waals surface area contributed by atoms with Crippen molar-refractivity contribution in [2.75, 3.05) is 20.3 Å². The van der Waals surface area contributed by atoms with E-state index in [-0.39, 0.29) is 13.2 Å². The molecule has 23 heavy (non-hydrogen) atoms. The number of carbonyl (C=O) groups excluding carboxylic acids is 2. The van der Waals surface area contributed by atoms with E-state index in [9.17, 15) is 9.59 Å². The van der Waals surface area contributed by atoms with Crippen LogP contribution in [0.15, 0.2) is 42.5 Å². The second kappa shape index (κ2) is 11.3. The number of amides is 1. The zero-order valence-corrected chi connectivity index (χ0v) is 13.5. The second-order valence-electron chi connectivity index (χ2n) is 4.73. The summed E-state index contributed by atoms with van der Waals surface area (Å²) in [5.41, 5.74) is 0.909. The first kappa shape index (κ1) is 18.7. The Kier molecular flexibility index (Phi) is 9.16. The maximum atomic E-state index is 11.7. The predicted octanol–water partition coefficient (Wildman–Crippen LogP) is 2.44. The number of hydrogen-bond donors (Lipinski definition) is 1. The summed E-state index contributed by atoms with van der Waals surface area (Å²) in [6, 6.07) is 9.40. The van der Waals surface area contributed by atoms with Crippen molar-refractivity contribution in [1.29, 1.82) is 0 Å². The summed E-state index contributed by atoms with van der Waals surface area (Å²) in [7, 11) is 1.30. The number of carbonyl (C=O) groups is 2. The van der Waals surface area contributed by atoms with E-state index in [1.165, 1.54) is 13.2 Å². The number of esters is 1. The van der Waals surface area contributed by atoms with E-state index >= 15 is 0 Å². The number of rotatable bonds is 9. The van der Waals surface area contributed by atoms with E-state index in [1.54, 1.807) is 6.08 Å². The fourth-order valence-corrected chi connectivity index (χ4v) is 1.66. The molecule has 0 aliphatic heterocycles. The van der Waals surface area contributed by atoms with Gasteiger partial charge in [-0.2, -0.15) is 0 Å². The van der Waals surface area contributed by atoms with Crippen LogP contribution >= 0.6 is 0 Å². The zero-order valence-electron chi connectivity index (χ0n) is 13.5. The number of ether oxygens (including phenoxy) is 3. The minimum atomic E-state index is -0.537. The Bertz CT molecular complexity index is 501. The normalized spacial score (nSPS) is 11.9. The Morgan fingerprint density at radius 2 is 2.00 bits per heavy atom. The number of hydrogen-bond acceptors (Lipinski definition) is 5. The third-order valence-electron chi connectivity index (χ3n) is 2.84. The summed E-state index contributed by atoms with van der Waals surface area (Å²) >= 11 is 0. The summed E-state index contributed by atoms with van der Waals surface area (Å²) in [6.45, 7) is 2.91. The Hall–Kier alpha value is -2.34. The molecule has 0 saturated carbocycles. The number of benzene rings is 1. The molecule has 1 aromatic rings. The van der Waals surface area contributed by atoms with Gasteiger partial charge in [-0.1, -0.05) is 37.3 Å². The van der Waals surface area contributed by atoms with Gasteiger partial charge in [0.05, 0.1) is 19.8 Å². The van der Waals surface area contributed by atoms with E-state index in [1.807, 2.05) is 37.3 Å². The first-order chi connectivity index (χ1) is 11.2. The molecule has 1 N–H and O–H groups in total. The molecular formula is C17H23NO5. The molecule has 1 amide bonds. The first-order valence-electron chi connectivity index (χ1n) is 7.48. The largest absolute Gasteiger partial charge is 0.466 e. The highest BCUT2D eigenvalue weighted by atomic mass is 16.5. The molecule has 0 spiro atoms. The smallest absolute Gasteiger partial charge is 0.407 e. The molecule has 0 radical (unpaired) electrons. The van der Waals surface area contributed by atoms with Gasteiger partial charge in [-0.3, -0.25) is 0 Å². The molecule has 6 nitrogen and oxygen atoms in total. The molecular weight excluding hydrogens is 298 g/mol. The summed E-state index contributed by atoms with van der Waals surface area (Å²) in [6.07, 6.45) is 2.71. The van der Waals surface area contributed by atoms with Crippen molar-refractivity contribution in [3.05, 3.63) is 48.0 Å². The molecule has 6 heteroatoms. The topological polar surface area (TPSA) is 73.9 Å². The van der Waals surface area contributed by atoms with Gasteiger partial charge in [0.25, 0.3) is 0 Å². The minimum absolute atomic E-state index is 0.200. The number of methoxy groups -OCH3 is 1. The van der Waals surface area contributed by atoms with Gasteiger partial charge >= 0.3 is 12.1 Å². The van der Waals surface area contributed by atoms with Crippen LogP contribution < -0.4 is 5.32 Å². The van der Waals surface area contributed by atoms with Crippen molar-refractivity contribution in [1.82, 2.24) is 5.32 Å². The average molecular weight is 321 g/mol. The molecule has 0 aliphatic carbocycles. The van der Waals surface area contributed by atoms with Crippen molar-refractivity contribution >= 4 is 12.1 Å². The van der Waals surface area contributed by atoms with Gasteiger partial charge in [-0.05, 0) is 18.1 Å². The third-order valence-corrected chi connectivity index (χ3v) is 2.84. The van der Waals surface area contributed by atoms with Gasteiger partial charge in [0.1, 0.15) is 6.61 Å². The highest BCUT2D eigenvalue weighted by Gasteiger charge is 2.09. The lowest BCUT2D eigenvalue weighted by Crippen LogP contribution is -2.33. The van der Waals surface area contributed by atoms with E-state index in [0.717, 1.165) is 12.0 Å². The van der Waals surface area contributed by atoms with Crippen molar-refractivity contribution in [2.24, 2.45) is 0 Å². The van der Waals surface area contributed by atoms with Crippen LogP contribution in [0.2, 0.25) is 0 Å². The third kappa shape index (κ3) is 8.63. The summed E-state index contributed by atoms with van der Waals surface area (Å²) in [4.78, 5) is 22.8. The monoisotopic (exact) mass is 321 g/mol. The predicted molar refractivity (Wildman–Crippen MR) is 85.8 cm³/mol. The van der Waals surface area contributed by atoms with Crippen molar-refractivity contribution in [3.63, 3.8) is 0 Å². The number of alkyl carbamates (subject to hydrolysis) is 1. The van der Waals surface area contributed by atoms with Crippen LogP contribution in [0.4, 0.5) is 4.79 Å². The van der Waals surface area contributed by atoms with Crippen LogP contribution in [-0.4, -0.2) is 38.4 Å². The van der Waals surface area contributed by atoms with Crippen LogP contribution in [0.25, 0.3) is 0 Å². The van der Waals surface area contributed by atoms with Crippen LogP contribution in [0.5, 0.6) is 0 Å². The molecule has 1 aromatic carbocycles. The lowest BCUT2D eigenvalue weighted by molar-refractivity contribution is -0.134. The summed E-state index contributed by atoms with van der Waals surface area (Å²) in [5, 5.41) is 2.61. The molecule has 1 atom stereocenters. The maximum Gasteiger partial charge on any atom is 0.407 e. The Labute approximate surface area is 136 Å².